The maximum Gasteiger partial charge on any atom is 0.271 e. The highest BCUT2D eigenvalue weighted by molar-refractivity contribution is 5.94. The van der Waals surface area contributed by atoms with E-state index < -0.39 is 0 Å². The minimum Gasteiger partial charge on any atom is -0.494 e. The first-order valence-electron chi connectivity index (χ1n) is 9.82. The molecule has 4 nitrogen and oxygen atoms in total. The molecule has 0 bridgehead atoms. The van der Waals surface area contributed by atoms with Crippen LogP contribution >= 0.6 is 0 Å². The van der Waals surface area contributed by atoms with E-state index in [4.69, 9.17) is 4.74 Å². The zero-order valence-electron chi connectivity index (χ0n) is 15.9. The van der Waals surface area contributed by atoms with E-state index in [1.807, 2.05) is 12.1 Å². The Labute approximate surface area is 153 Å². The third-order valence-electron chi connectivity index (χ3n) is 4.06. The van der Waals surface area contributed by atoms with Crippen LogP contribution in [0.5, 0.6) is 5.75 Å². The van der Waals surface area contributed by atoms with E-state index in [1.165, 1.54) is 44.9 Å². The normalized spacial score (nSPS) is 11.0. The van der Waals surface area contributed by atoms with Crippen molar-refractivity contribution >= 4 is 12.1 Å². The molecule has 0 aromatic heterocycles. The molecule has 0 unspecified atom stereocenters. The van der Waals surface area contributed by atoms with Crippen molar-refractivity contribution in [3.63, 3.8) is 0 Å². The predicted molar refractivity (Wildman–Crippen MR) is 105 cm³/mol. The smallest absolute Gasteiger partial charge is 0.271 e. The maximum atomic E-state index is 11.9. The van der Waals surface area contributed by atoms with Gasteiger partial charge in [0.15, 0.2) is 0 Å². The van der Waals surface area contributed by atoms with E-state index in [9.17, 15) is 4.79 Å². The van der Waals surface area contributed by atoms with E-state index >= 15 is 0 Å². The molecule has 1 rings (SSSR count). The Morgan fingerprint density at radius 3 is 2.24 bits per heavy atom. The van der Waals surface area contributed by atoms with Gasteiger partial charge in [-0.05, 0) is 37.1 Å². The summed E-state index contributed by atoms with van der Waals surface area (Å²) in [4.78, 5) is 11.9. The molecular weight excluding hydrogens is 312 g/mol. The van der Waals surface area contributed by atoms with Gasteiger partial charge in [0.05, 0.1) is 6.61 Å². The highest BCUT2D eigenvalue weighted by Gasteiger charge is 2.04. The molecule has 0 atom stereocenters. The zero-order valence-corrected chi connectivity index (χ0v) is 15.9. The van der Waals surface area contributed by atoms with Gasteiger partial charge in [0.25, 0.3) is 5.91 Å². The van der Waals surface area contributed by atoms with Crippen molar-refractivity contribution in [1.82, 2.24) is 5.43 Å². The van der Waals surface area contributed by atoms with Crippen molar-refractivity contribution in [2.75, 3.05) is 6.61 Å². The van der Waals surface area contributed by atoms with Gasteiger partial charge in [-0.1, -0.05) is 65.2 Å². The molecule has 1 N–H and O–H groups in total. The summed E-state index contributed by atoms with van der Waals surface area (Å²) in [5.41, 5.74) is 3.12. The highest BCUT2D eigenvalue weighted by atomic mass is 16.5. The Balaban J connectivity index is 2.14. The summed E-state index contributed by atoms with van der Waals surface area (Å²) >= 11 is 0. The van der Waals surface area contributed by atoms with Gasteiger partial charge in [-0.2, -0.15) is 5.10 Å². The number of rotatable bonds is 14. The number of carbonyl (C=O) groups is 1. The maximum absolute atomic E-state index is 11.9. The van der Waals surface area contributed by atoms with Gasteiger partial charge in [0, 0.05) is 11.8 Å². The zero-order chi connectivity index (χ0) is 18.2. The van der Waals surface area contributed by atoms with Crippen molar-refractivity contribution in [2.24, 2.45) is 5.10 Å². The molecule has 0 fully saturated rings. The van der Waals surface area contributed by atoms with E-state index in [2.05, 4.69) is 24.4 Å². The number of hydrazone groups is 1. The Kier molecular flexibility index (Phi) is 12.3. The van der Waals surface area contributed by atoms with Crippen LogP contribution in [0.25, 0.3) is 0 Å². The summed E-state index contributed by atoms with van der Waals surface area (Å²) in [7, 11) is 0. The van der Waals surface area contributed by atoms with Gasteiger partial charge in [-0.25, -0.2) is 5.43 Å². The third-order valence-corrected chi connectivity index (χ3v) is 4.06. The Hall–Kier alpha value is -1.84. The SMILES string of the molecule is CCCC=NNC(=O)c1ccc(OCCCCCCCCCC)cc1. The molecule has 25 heavy (non-hydrogen) atoms. The number of nitrogens with zero attached hydrogens (tertiary/aromatic N) is 1. The summed E-state index contributed by atoms with van der Waals surface area (Å²) in [6, 6.07) is 7.23. The van der Waals surface area contributed by atoms with Crippen LogP contribution < -0.4 is 10.2 Å². The monoisotopic (exact) mass is 346 g/mol. The van der Waals surface area contributed by atoms with E-state index in [1.54, 1.807) is 18.3 Å². The second-order valence-electron chi connectivity index (χ2n) is 6.39. The van der Waals surface area contributed by atoms with Crippen LogP contribution in [-0.4, -0.2) is 18.7 Å². The molecule has 0 aliphatic carbocycles. The molecule has 1 aromatic rings. The number of nitrogens with one attached hydrogen (secondary N) is 1. The molecule has 0 saturated carbocycles. The topological polar surface area (TPSA) is 50.7 Å². The van der Waals surface area contributed by atoms with E-state index in [0.29, 0.717) is 5.56 Å². The highest BCUT2D eigenvalue weighted by Crippen LogP contribution is 2.14. The average Bonchev–Trinajstić information content (AvgIpc) is 2.64. The minimum absolute atomic E-state index is 0.193. The Morgan fingerprint density at radius 1 is 0.960 bits per heavy atom. The second-order valence-corrected chi connectivity index (χ2v) is 6.39. The lowest BCUT2D eigenvalue weighted by molar-refractivity contribution is 0.0955. The van der Waals surface area contributed by atoms with Gasteiger partial charge in [0.2, 0.25) is 0 Å². The fraction of sp³-hybridized carbons (Fsp3) is 0.619. The summed E-state index contributed by atoms with van der Waals surface area (Å²) in [6.45, 7) is 5.06. The Bertz CT molecular complexity index is 483. The van der Waals surface area contributed by atoms with Gasteiger partial charge in [-0.15, -0.1) is 0 Å². The molecule has 140 valence electrons. The van der Waals surface area contributed by atoms with E-state index in [-0.39, 0.29) is 5.91 Å². The molecule has 1 amide bonds. The molecule has 0 aliphatic rings. The van der Waals surface area contributed by atoms with Crippen LogP contribution in [0.1, 0.15) is 88.4 Å². The summed E-state index contributed by atoms with van der Waals surface area (Å²) in [5, 5.41) is 3.91. The minimum atomic E-state index is -0.193. The van der Waals surface area contributed by atoms with Crippen LogP contribution in [0, 0.1) is 0 Å². The number of hydrogen-bond acceptors (Lipinski definition) is 3. The van der Waals surface area contributed by atoms with Gasteiger partial charge in [-0.3, -0.25) is 4.79 Å². The second kappa shape index (κ2) is 14.5. The summed E-state index contributed by atoms with van der Waals surface area (Å²) in [6.07, 6.45) is 14.0. The van der Waals surface area contributed by atoms with Gasteiger partial charge < -0.3 is 4.74 Å². The standard InChI is InChI=1S/C21H34N2O2/c1-3-5-7-8-9-10-11-12-18-25-20-15-13-19(14-16-20)21(24)23-22-17-6-4-2/h13-17H,3-12,18H2,1-2H3,(H,23,24). The van der Waals surface area contributed by atoms with Crippen molar-refractivity contribution in [1.29, 1.82) is 0 Å². The lowest BCUT2D eigenvalue weighted by atomic mass is 10.1. The number of hydrogen-bond donors (Lipinski definition) is 1. The van der Waals surface area contributed by atoms with E-state index in [0.717, 1.165) is 31.6 Å². The third kappa shape index (κ3) is 10.6. The first kappa shape index (κ1) is 21.2. The van der Waals surface area contributed by atoms with Crippen LogP contribution in [-0.2, 0) is 0 Å². The number of benzene rings is 1. The molecule has 0 heterocycles. The lowest BCUT2D eigenvalue weighted by Crippen LogP contribution is -2.17. The van der Waals surface area contributed by atoms with Gasteiger partial charge >= 0.3 is 0 Å². The van der Waals surface area contributed by atoms with Crippen LogP contribution in [0.15, 0.2) is 29.4 Å². The first-order chi connectivity index (χ1) is 12.3. The molecule has 1 aromatic carbocycles. The molecule has 0 spiro atoms. The van der Waals surface area contributed by atoms with Crippen LogP contribution in [0.2, 0.25) is 0 Å². The summed E-state index contributed by atoms with van der Waals surface area (Å²) < 4.78 is 5.74. The van der Waals surface area contributed by atoms with Crippen molar-refractivity contribution in [2.45, 2.75) is 78.1 Å². The van der Waals surface area contributed by atoms with Crippen LogP contribution in [0.4, 0.5) is 0 Å². The fourth-order valence-electron chi connectivity index (χ4n) is 2.49. The molecule has 0 radical (unpaired) electrons. The molecular formula is C21H34N2O2. The number of carbonyl (C=O) groups excluding carboxylic acids is 1. The van der Waals surface area contributed by atoms with Gasteiger partial charge in [0.1, 0.15) is 5.75 Å². The van der Waals surface area contributed by atoms with Crippen molar-refractivity contribution in [3.8, 4) is 5.75 Å². The number of unbranched alkanes of at least 4 members (excludes halogenated alkanes) is 8. The lowest BCUT2D eigenvalue weighted by Gasteiger charge is -2.07. The molecule has 0 saturated heterocycles. The van der Waals surface area contributed by atoms with Crippen molar-refractivity contribution < 1.29 is 9.53 Å². The molecule has 4 heteroatoms. The number of ether oxygens (including phenoxy) is 1. The first-order valence-corrected chi connectivity index (χ1v) is 9.82. The average molecular weight is 347 g/mol. The quantitative estimate of drug-likeness (QED) is 0.266. The molecule has 0 aliphatic heterocycles. The van der Waals surface area contributed by atoms with Crippen LogP contribution in [0.3, 0.4) is 0 Å². The summed E-state index contributed by atoms with van der Waals surface area (Å²) in [5.74, 6) is 0.621. The van der Waals surface area contributed by atoms with Crippen molar-refractivity contribution in [3.05, 3.63) is 29.8 Å². The predicted octanol–water partition coefficient (Wildman–Crippen LogP) is 5.72. The largest absolute Gasteiger partial charge is 0.494 e. The number of amides is 1. The fourth-order valence-corrected chi connectivity index (χ4v) is 2.49. The Morgan fingerprint density at radius 2 is 1.60 bits per heavy atom.